The molecule has 0 spiro atoms. The molecule has 2 aromatic carbocycles. The minimum Gasteiger partial charge on any atom is -0.334 e. The van der Waals surface area contributed by atoms with Crippen LogP contribution in [0.25, 0.3) is 0 Å². The van der Waals surface area contributed by atoms with Gasteiger partial charge in [-0.3, -0.25) is 0 Å². The van der Waals surface area contributed by atoms with E-state index < -0.39 is 29.2 Å². The molecule has 2 amide bonds. The molecule has 0 saturated carbocycles. The quantitative estimate of drug-likeness (QED) is 0.824. The number of halogens is 4. The third kappa shape index (κ3) is 3.88. The molecule has 0 saturated heterocycles. The van der Waals surface area contributed by atoms with Crippen LogP contribution in [0, 0.1) is 17.5 Å². The Hall–Kier alpha value is -2.21. The monoisotopic (exact) mass is 314 g/mol. The summed E-state index contributed by atoms with van der Waals surface area (Å²) in [7, 11) is 0. The predicted octanol–water partition coefficient (Wildman–Crippen LogP) is 4.08. The van der Waals surface area contributed by atoms with Gasteiger partial charge in [0.1, 0.15) is 0 Å². The van der Waals surface area contributed by atoms with Crippen LogP contribution in [-0.4, -0.2) is 6.03 Å². The van der Waals surface area contributed by atoms with Crippen molar-refractivity contribution in [1.82, 2.24) is 5.32 Å². The summed E-state index contributed by atoms with van der Waals surface area (Å²) >= 11 is 5.79. The van der Waals surface area contributed by atoms with Crippen molar-refractivity contribution in [2.24, 2.45) is 0 Å². The van der Waals surface area contributed by atoms with Gasteiger partial charge in [-0.25, -0.2) is 18.0 Å². The van der Waals surface area contributed by atoms with E-state index in [1.54, 1.807) is 24.3 Å². The number of anilines is 1. The van der Waals surface area contributed by atoms with Crippen LogP contribution < -0.4 is 10.6 Å². The van der Waals surface area contributed by atoms with Gasteiger partial charge in [0.25, 0.3) is 0 Å². The predicted molar refractivity (Wildman–Crippen MR) is 73.6 cm³/mol. The fraction of sp³-hybridized carbons (Fsp3) is 0.0714. The van der Waals surface area contributed by atoms with Gasteiger partial charge in [0, 0.05) is 11.6 Å². The Bertz CT molecular complexity index is 679. The SMILES string of the molecule is O=C(NCc1cccc(Cl)c1)Nc1ccc(F)c(F)c1F. The zero-order chi connectivity index (χ0) is 15.4. The average molecular weight is 315 g/mol. The molecule has 2 rings (SSSR count). The number of amides is 2. The molecule has 0 aliphatic carbocycles. The lowest BCUT2D eigenvalue weighted by atomic mass is 10.2. The summed E-state index contributed by atoms with van der Waals surface area (Å²) in [6, 6.07) is 7.70. The lowest BCUT2D eigenvalue weighted by Gasteiger charge is -2.09. The Morgan fingerprint density at radius 1 is 1.10 bits per heavy atom. The van der Waals surface area contributed by atoms with Gasteiger partial charge in [-0.05, 0) is 29.8 Å². The standard InChI is InChI=1S/C14H10ClF3N2O/c15-9-3-1-2-8(6-9)7-19-14(21)20-11-5-4-10(16)12(17)13(11)18/h1-6H,7H2,(H2,19,20,21). The molecule has 110 valence electrons. The highest BCUT2D eigenvalue weighted by Gasteiger charge is 2.14. The molecule has 0 unspecified atom stereocenters. The number of rotatable bonds is 3. The molecule has 0 bridgehead atoms. The molecule has 0 heterocycles. The van der Waals surface area contributed by atoms with Crippen LogP contribution >= 0.6 is 11.6 Å². The van der Waals surface area contributed by atoms with Gasteiger partial charge in [0.15, 0.2) is 17.5 Å². The van der Waals surface area contributed by atoms with Crippen molar-refractivity contribution >= 4 is 23.3 Å². The molecule has 0 radical (unpaired) electrons. The van der Waals surface area contributed by atoms with Crippen molar-refractivity contribution in [2.45, 2.75) is 6.54 Å². The average Bonchev–Trinajstić information content (AvgIpc) is 2.46. The highest BCUT2D eigenvalue weighted by atomic mass is 35.5. The van der Waals surface area contributed by atoms with Crippen LogP contribution in [-0.2, 0) is 6.54 Å². The summed E-state index contributed by atoms with van der Waals surface area (Å²) in [5, 5.41) is 5.06. The maximum absolute atomic E-state index is 13.4. The lowest BCUT2D eigenvalue weighted by molar-refractivity contribution is 0.251. The number of benzene rings is 2. The number of urea groups is 1. The number of carbonyl (C=O) groups excluding carboxylic acids is 1. The van der Waals surface area contributed by atoms with E-state index in [4.69, 9.17) is 11.6 Å². The van der Waals surface area contributed by atoms with Crippen molar-refractivity contribution in [3.05, 3.63) is 64.4 Å². The lowest BCUT2D eigenvalue weighted by Crippen LogP contribution is -2.28. The number of carbonyl (C=O) groups is 1. The number of hydrogen-bond acceptors (Lipinski definition) is 1. The highest BCUT2D eigenvalue weighted by molar-refractivity contribution is 6.30. The topological polar surface area (TPSA) is 41.1 Å². The number of nitrogens with one attached hydrogen (secondary N) is 2. The third-order valence-electron chi connectivity index (χ3n) is 2.63. The first-order valence-corrected chi connectivity index (χ1v) is 6.28. The molecule has 21 heavy (non-hydrogen) atoms. The molecule has 0 atom stereocenters. The van der Waals surface area contributed by atoms with Gasteiger partial charge in [-0.1, -0.05) is 23.7 Å². The van der Waals surface area contributed by atoms with Crippen molar-refractivity contribution in [2.75, 3.05) is 5.32 Å². The van der Waals surface area contributed by atoms with E-state index in [0.717, 1.165) is 17.7 Å². The highest BCUT2D eigenvalue weighted by Crippen LogP contribution is 2.19. The van der Waals surface area contributed by atoms with E-state index in [1.165, 1.54) is 0 Å². The Morgan fingerprint density at radius 2 is 1.86 bits per heavy atom. The minimum atomic E-state index is -1.64. The van der Waals surface area contributed by atoms with E-state index in [2.05, 4.69) is 10.6 Å². The third-order valence-corrected chi connectivity index (χ3v) is 2.86. The van der Waals surface area contributed by atoms with Crippen molar-refractivity contribution in [3.8, 4) is 0 Å². The molecule has 0 aliphatic heterocycles. The van der Waals surface area contributed by atoms with Gasteiger partial charge in [0.05, 0.1) is 5.69 Å². The molecule has 3 nitrogen and oxygen atoms in total. The smallest absolute Gasteiger partial charge is 0.319 e. The summed E-state index contributed by atoms with van der Waals surface area (Å²) in [6.07, 6.45) is 0. The van der Waals surface area contributed by atoms with E-state index in [-0.39, 0.29) is 6.54 Å². The van der Waals surface area contributed by atoms with Gasteiger partial charge in [-0.15, -0.1) is 0 Å². The maximum atomic E-state index is 13.4. The van der Waals surface area contributed by atoms with Crippen LogP contribution in [0.5, 0.6) is 0 Å². The second-order valence-electron chi connectivity index (χ2n) is 4.16. The Kier molecular flexibility index (Phi) is 4.70. The first kappa shape index (κ1) is 15.2. The van der Waals surface area contributed by atoms with Crippen molar-refractivity contribution < 1.29 is 18.0 Å². The Labute approximate surface area is 123 Å². The van der Waals surface area contributed by atoms with Crippen LogP contribution in [0.2, 0.25) is 5.02 Å². The van der Waals surface area contributed by atoms with E-state index in [0.29, 0.717) is 5.02 Å². The summed E-state index contributed by atoms with van der Waals surface area (Å²) in [5.41, 5.74) is 0.293. The van der Waals surface area contributed by atoms with Gasteiger partial charge in [0.2, 0.25) is 0 Å². The molecule has 2 aromatic rings. The van der Waals surface area contributed by atoms with Crippen LogP contribution in [0.3, 0.4) is 0 Å². The summed E-state index contributed by atoms with van der Waals surface area (Å²) in [6.45, 7) is 0.150. The zero-order valence-electron chi connectivity index (χ0n) is 10.6. The van der Waals surface area contributed by atoms with E-state index in [1.807, 2.05) is 0 Å². The van der Waals surface area contributed by atoms with Crippen molar-refractivity contribution in [3.63, 3.8) is 0 Å². The molecule has 0 fully saturated rings. The first-order valence-electron chi connectivity index (χ1n) is 5.90. The zero-order valence-corrected chi connectivity index (χ0v) is 11.3. The second-order valence-corrected chi connectivity index (χ2v) is 4.60. The normalized spacial score (nSPS) is 10.3. The summed E-state index contributed by atoms with van der Waals surface area (Å²) in [4.78, 5) is 11.6. The summed E-state index contributed by atoms with van der Waals surface area (Å²) < 4.78 is 39.1. The van der Waals surface area contributed by atoms with E-state index >= 15 is 0 Å². The first-order chi connectivity index (χ1) is 9.97. The van der Waals surface area contributed by atoms with E-state index in [9.17, 15) is 18.0 Å². The molecule has 0 aliphatic rings. The fourth-order valence-electron chi connectivity index (χ4n) is 1.62. The summed E-state index contributed by atoms with van der Waals surface area (Å²) in [5.74, 6) is -4.41. The Balaban J connectivity index is 1.98. The van der Waals surface area contributed by atoms with Gasteiger partial charge < -0.3 is 10.6 Å². The Morgan fingerprint density at radius 3 is 2.57 bits per heavy atom. The minimum absolute atomic E-state index is 0.150. The number of hydrogen-bond donors (Lipinski definition) is 2. The maximum Gasteiger partial charge on any atom is 0.319 e. The van der Waals surface area contributed by atoms with Crippen LogP contribution in [0.4, 0.5) is 23.7 Å². The van der Waals surface area contributed by atoms with Gasteiger partial charge in [-0.2, -0.15) is 0 Å². The molecular formula is C14H10ClF3N2O. The molecule has 0 aromatic heterocycles. The van der Waals surface area contributed by atoms with Crippen molar-refractivity contribution in [1.29, 1.82) is 0 Å². The largest absolute Gasteiger partial charge is 0.334 e. The molecular weight excluding hydrogens is 305 g/mol. The van der Waals surface area contributed by atoms with Gasteiger partial charge >= 0.3 is 6.03 Å². The molecule has 2 N–H and O–H groups in total. The second kappa shape index (κ2) is 6.49. The van der Waals surface area contributed by atoms with Crippen LogP contribution in [0.15, 0.2) is 36.4 Å². The van der Waals surface area contributed by atoms with Crippen LogP contribution in [0.1, 0.15) is 5.56 Å². The molecule has 7 heteroatoms. The fourth-order valence-corrected chi connectivity index (χ4v) is 1.83.